The summed E-state index contributed by atoms with van der Waals surface area (Å²) < 4.78 is 7.28. The average molecular weight is 500 g/mol. The summed E-state index contributed by atoms with van der Waals surface area (Å²) in [5, 5.41) is 24.3. The van der Waals surface area contributed by atoms with Crippen molar-refractivity contribution in [2.45, 2.75) is 69.0 Å². The van der Waals surface area contributed by atoms with Crippen molar-refractivity contribution in [1.29, 1.82) is 0 Å². The van der Waals surface area contributed by atoms with Gasteiger partial charge < -0.3 is 25.6 Å². The van der Waals surface area contributed by atoms with Gasteiger partial charge >= 0.3 is 0 Å². The maximum atomic E-state index is 11.2. The molecule has 1 saturated carbocycles. The Morgan fingerprint density at radius 2 is 1.97 bits per heavy atom. The average Bonchev–Trinajstić information content (AvgIpc) is 3.40. The molecule has 8 atom stereocenters. The van der Waals surface area contributed by atoms with E-state index in [9.17, 15) is 10.2 Å². The van der Waals surface area contributed by atoms with Crippen molar-refractivity contribution in [3.05, 3.63) is 65.4 Å². The van der Waals surface area contributed by atoms with Crippen LogP contribution in [0.25, 0.3) is 16.3 Å². The van der Waals surface area contributed by atoms with E-state index in [-0.39, 0.29) is 23.0 Å². The normalized spacial score (nSPS) is 42.1. The summed E-state index contributed by atoms with van der Waals surface area (Å²) in [4.78, 5) is 6.35. The number of aromatic nitrogens is 1. The van der Waals surface area contributed by atoms with E-state index in [1.54, 1.807) is 6.20 Å². The fourth-order valence-corrected chi connectivity index (χ4v) is 8.61. The predicted molar refractivity (Wildman–Crippen MR) is 146 cm³/mol. The Bertz CT molecular complexity index is 1410. The highest BCUT2D eigenvalue weighted by molar-refractivity contribution is 5.94. The smallest absolute Gasteiger partial charge is 0.131 e. The molecule has 37 heavy (non-hydrogen) atoms. The summed E-state index contributed by atoms with van der Waals surface area (Å²) in [5.74, 6) is 1.14. The maximum Gasteiger partial charge on any atom is 0.131 e. The fourth-order valence-electron chi connectivity index (χ4n) is 8.61. The number of benzene rings is 1. The van der Waals surface area contributed by atoms with Crippen LogP contribution in [-0.4, -0.2) is 63.6 Å². The monoisotopic (exact) mass is 499 g/mol. The van der Waals surface area contributed by atoms with Crippen LogP contribution >= 0.6 is 0 Å². The van der Waals surface area contributed by atoms with Gasteiger partial charge in [-0.05, 0) is 85.5 Å². The summed E-state index contributed by atoms with van der Waals surface area (Å²) in [6.07, 6.45) is 10.5. The molecule has 2 spiro atoms. The lowest BCUT2D eigenvalue weighted by atomic mass is 9.54. The number of nitrogens with zero attached hydrogens (tertiary/aromatic N) is 2. The first-order valence-electron chi connectivity index (χ1n) is 13.6. The Hall–Kier alpha value is -2.51. The number of anilines is 1. The number of hydrogen-bond acceptors (Lipinski definition) is 6. The van der Waals surface area contributed by atoms with Crippen molar-refractivity contribution < 1.29 is 14.9 Å². The van der Waals surface area contributed by atoms with Crippen LogP contribution in [0.3, 0.4) is 0 Å². The van der Waals surface area contributed by atoms with Gasteiger partial charge in [0.05, 0.1) is 17.3 Å². The first-order chi connectivity index (χ1) is 17.6. The van der Waals surface area contributed by atoms with E-state index in [1.165, 1.54) is 16.7 Å². The molecule has 1 saturated heterocycles. The van der Waals surface area contributed by atoms with Crippen LogP contribution in [0.5, 0.6) is 0 Å². The standard InChI is InChI=1S/C31H37N3O3/c1-17-13-20-15-23-26(35)27(36)24(34(3)4)16-30(23)10-11-31(20,37-30)25-8-7-22(29(17,25)2)19-6-5-18-9-12-33-28(32)21(18)14-19/h5-7,9,12-15,17,24-27,35-36H,8,10-11,16H2,1-4H3,(H2,32,33). The number of rotatable bonds is 2. The largest absolute Gasteiger partial charge is 0.388 e. The maximum absolute atomic E-state index is 11.2. The predicted octanol–water partition coefficient (Wildman–Crippen LogP) is 4.09. The first-order valence-corrected chi connectivity index (χ1v) is 13.6. The third-order valence-corrected chi connectivity index (χ3v) is 10.8. The number of aliphatic hydroxyl groups excluding tert-OH is 2. The third kappa shape index (κ3) is 2.87. The number of aliphatic hydroxyl groups is 2. The van der Waals surface area contributed by atoms with Crippen molar-refractivity contribution in [2.24, 2.45) is 17.3 Å². The van der Waals surface area contributed by atoms with E-state index < -0.39 is 17.8 Å². The molecule has 4 N–H and O–H groups in total. The van der Waals surface area contributed by atoms with Gasteiger partial charge in [-0.25, -0.2) is 4.98 Å². The Balaban J connectivity index is 1.33. The SMILES string of the molecule is CC1C=C2C=C3C(O)C(O)C(N(C)C)CC34CCC2(O4)C2CC=C(c3ccc4ccnc(N)c4c3)C12C. The Kier molecular flexibility index (Phi) is 4.81. The van der Waals surface area contributed by atoms with Gasteiger partial charge in [-0.2, -0.15) is 0 Å². The lowest BCUT2D eigenvalue weighted by Crippen LogP contribution is -2.62. The van der Waals surface area contributed by atoms with Gasteiger partial charge in [0.1, 0.15) is 11.9 Å². The van der Waals surface area contributed by atoms with Crippen LogP contribution in [-0.2, 0) is 4.74 Å². The molecule has 1 aromatic carbocycles. The molecule has 3 heterocycles. The minimum atomic E-state index is -0.907. The lowest BCUT2D eigenvalue weighted by Gasteiger charge is -2.57. The summed E-state index contributed by atoms with van der Waals surface area (Å²) >= 11 is 0. The van der Waals surface area contributed by atoms with Gasteiger partial charge in [0.25, 0.3) is 0 Å². The fraction of sp³-hybridized carbons (Fsp3) is 0.516. The molecule has 0 amide bonds. The quantitative estimate of drug-likeness (QED) is 0.577. The summed E-state index contributed by atoms with van der Waals surface area (Å²) in [5.41, 5.74) is 9.91. The van der Waals surface area contributed by atoms with Crippen LogP contribution < -0.4 is 5.73 Å². The van der Waals surface area contributed by atoms with E-state index >= 15 is 0 Å². The first kappa shape index (κ1) is 23.6. The number of fused-ring (bicyclic) bond motifs is 2. The molecule has 6 nitrogen and oxygen atoms in total. The number of nitrogen functional groups attached to an aromatic ring is 1. The minimum Gasteiger partial charge on any atom is -0.388 e. The Morgan fingerprint density at radius 3 is 2.76 bits per heavy atom. The number of likely N-dealkylation sites (N-methyl/N-ethyl adjacent to an activating group) is 1. The number of hydrogen-bond donors (Lipinski definition) is 3. The molecule has 0 radical (unpaired) electrons. The van der Waals surface area contributed by atoms with Crippen molar-refractivity contribution in [2.75, 3.05) is 19.8 Å². The van der Waals surface area contributed by atoms with Crippen molar-refractivity contribution >= 4 is 22.2 Å². The molecule has 2 bridgehead atoms. The Morgan fingerprint density at radius 1 is 1.16 bits per heavy atom. The van der Waals surface area contributed by atoms with Crippen LogP contribution in [0.15, 0.2) is 59.8 Å². The van der Waals surface area contributed by atoms with Gasteiger partial charge in [-0.15, -0.1) is 0 Å². The third-order valence-electron chi connectivity index (χ3n) is 10.8. The molecule has 1 aromatic heterocycles. The molecule has 3 aliphatic carbocycles. The zero-order chi connectivity index (χ0) is 25.9. The summed E-state index contributed by atoms with van der Waals surface area (Å²) in [6.45, 7) is 4.72. The number of ether oxygens (including phenoxy) is 1. The molecule has 2 fully saturated rings. The molecular weight excluding hydrogens is 462 g/mol. The molecular formula is C31H37N3O3. The van der Waals surface area contributed by atoms with Crippen molar-refractivity contribution in [1.82, 2.24) is 9.88 Å². The topological polar surface area (TPSA) is 91.8 Å². The van der Waals surface area contributed by atoms with Crippen molar-refractivity contribution in [3.63, 3.8) is 0 Å². The van der Waals surface area contributed by atoms with Gasteiger partial charge in [0.15, 0.2) is 0 Å². The zero-order valence-corrected chi connectivity index (χ0v) is 22.1. The van der Waals surface area contributed by atoms with E-state index in [1.807, 2.05) is 25.1 Å². The van der Waals surface area contributed by atoms with Crippen LogP contribution in [0.1, 0.15) is 45.1 Å². The second-order valence-electron chi connectivity index (χ2n) is 12.5. The summed E-state index contributed by atoms with van der Waals surface area (Å²) in [6, 6.07) is 8.45. The molecule has 2 aromatic rings. The number of allylic oxidation sites excluding steroid dienone is 3. The molecule has 8 unspecified atom stereocenters. The van der Waals surface area contributed by atoms with Crippen LogP contribution in [0, 0.1) is 17.3 Å². The zero-order valence-electron chi connectivity index (χ0n) is 22.1. The van der Waals surface area contributed by atoms with Crippen molar-refractivity contribution in [3.8, 4) is 0 Å². The number of pyridine rings is 1. The van der Waals surface area contributed by atoms with Crippen LogP contribution in [0.4, 0.5) is 5.82 Å². The summed E-state index contributed by atoms with van der Waals surface area (Å²) in [7, 11) is 3.95. The van der Waals surface area contributed by atoms with E-state index in [0.717, 1.165) is 35.6 Å². The second kappa shape index (κ2) is 7.54. The molecule has 194 valence electrons. The molecule has 7 rings (SSSR count). The highest BCUT2D eigenvalue weighted by atomic mass is 16.5. The van der Waals surface area contributed by atoms with E-state index in [0.29, 0.717) is 18.2 Å². The Labute approximate surface area is 218 Å². The molecule has 2 aliphatic heterocycles. The van der Waals surface area contributed by atoms with E-state index in [2.05, 4.69) is 55.3 Å². The molecule has 6 heteroatoms. The van der Waals surface area contributed by atoms with Gasteiger partial charge in [0.2, 0.25) is 0 Å². The highest BCUT2D eigenvalue weighted by Crippen LogP contribution is 2.69. The van der Waals surface area contributed by atoms with E-state index in [4.69, 9.17) is 10.5 Å². The highest BCUT2D eigenvalue weighted by Gasteiger charge is 2.68. The van der Waals surface area contributed by atoms with Gasteiger partial charge in [-0.3, -0.25) is 0 Å². The second-order valence-corrected chi connectivity index (χ2v) is 12.5. The molecule has 5 aliphatic rings. The van der Waals surface area contributed by atoms with Gasteiger partial charge in [-0.1, -0.05) is 44.2 Å². The number of nitrogens with two attached hydrogens (primary N) is 1. The lowest BCUT2D eigenvalue weighted by molar-refractivity contribution is -0.165. The van der Waals surface area contributed by atoms with Gasteiger partial charge in [0, 0.05) is 29.0 Å². The van der Waals surface area contributed by atoms with Crippen LogP contribution in [0.2, 0.25) is 0 Å². The minimum absolute atomic E-state index is 0.0984.